The van der Waals surface area contributed by atoms with Crippen LogP contribution in [-0.2, 0) is 11.4 Å². The van der Waals surface area contributed by atoms with Gasteiger partial charge in [0.1, 0.15) is 0 Å². The Morgan fingerprint density at radius 3 is 2.32 bits per heavy atom. The predicted octanol–water partition coefficient (Wildman–Crippen LogP) is 3.39. The Morgan fingerprint density at radius 2 is 1.64 bits per heavy atom. The Labute approximate surface area is 144 Å². The molecule has 0 saturated carbocycles. The highest BCUT2D eigenvalue weighted by molar-refractivity contribution is 6.02. The number of hydroxylamine groups is 1. The third kappa shape index (κ3) is 4.55. The van der Waals surface area contributed by atoms with E-state index in [-0.39, 0.29) is 24.2 Å². The first-order valence-corrected chi connectivity index (χ1v) is 7.63. The van der Waals surface area contributed by atoms with Crippen molar-refractivity contribution >= 4 is 17.5 Å². The Hall–Kier alpha value is -3.38. The summed E-state index contributed by atoms with van der Waals surface area (Å²) >= 11 is 0. The molecule has 3 aromatic rings. The fraction of sp³-hybridized carbons (Fsp3) is 0.0526. The van der Waals surface area contributed by atoms with E-state index in [0.717, 1.165) is 5.56 Å². The van der Waals surface area contributed by atoms with Crippen LogP contribution in [0.4, 0.5) is 5.69 Å². The summed E-state index contributed by atoms with van der Waals surface area (Å²) < 4.78 is 5.02. The maximum atomic E-state index is 12.0. The second kappa shape index (κ2) is 7.94. The summed E-state index contributed by atoms with van der Waals surface area (Å²) in [7, 11) is 0. The van der Waals surface area contributed by atoms with Crippen molar-refractivity contribution in [3.63, 3.8) is 0 Å². The van der Waals surface area contributed by atoms with Gasteiger partial charge in [0.2, 0.25) is 0 Å². The summed E-state index contributed by atoms with van der Waals surface area (Å²) in [6, 6.07) is 19.2. The van der Waals surface area contributed by atoms with Crippen LogP contribution in [0, 0.1) is 0 Å². The number of amides is 2. The minimum atomic E-state index is -0.361. The smallest absolute Gasteiger partial charge is 0.291 e. The number of carbonyl (C=O) groups is 2. The zero-order valence-electron chi connectivity index (χ0n) is 13.3. The first-order chi connectivity index (χ1) is 12.2. The van der Waals surface area contributed by atoms with Gasteiger partial charge in [-0.1, -0.05) is 30.3 Å². The van der Waals surface area contributed by atoms with E-state index in [9.17, 15) is 9.59 Å². The van der Waals surface area contributed by atoms with Crippen LogP contribution in [0.1, 0.15) is 26.5 Å². The fourth-order valence-corrected chi connectivity index (χ4v) is 2.12. The van der Waals surface area contributed by atoms with E-state index in [1.807, 2.05) is 30.3 Å². The van der Waals surface area contributed by atoms with Gasteiger partial charge in [0.25, 0.3) is 11.8 Å². The SMILES string of the molecule is O=C(NOCc1ccccc1)c1ccc(NC(=O)c2ccco2)cc1. The van der Waals surface area contributed by atoms with Crippen LogP contribution in [0.15, 0.2) is 77.4 Å². The normalized spacial score (nSPS) is 10.2. The predicted molar refractivity (Wildman–Crippen MR) is 91.8 cm³/mol. The second-order valence-corrected chi connectivity index (χ2v) is 5.21. The van der Waals surface area contributed by atoms with Gasteiger partial charge in [-0.05, 0) is 42.0 Å². The number of benzene rings is 2. The fourth-order valence-electron chi connectivity index (χ4n) is 2.12. The van der Waals surface area contributed by atoms with Gasteiger partial charge in [-0.3, -0.25) is 14.4 Å². The van der Waals surface area contributed by atoms with Crippen LogP contribution in [0.2, 0.25) is 0 Å². The molecule has 0 atom stereocenters. The summed E-state index contributed by atoms with van der Waals surface area (Å²) in [6.07, 6.45) is 1.43. The number of rotatable bonds is 6. The van der Waals surface area contributed by atoms with Crippen LogP contribution in [0.5, 0.6) is 0 Å². The molecule has 0 unspecified atom stereocenters. The quantitative estimate of drug-likeness (QED) is 0.676. The molecule has 126 valence electrons. The van der Waals surface area contributed by atoms with Gasteiger partial charge in [-0.2, -0.15) is 0 Å². The number of furan rings is 1. The second-order valence-electron chi connectivity index (χ2n) is 5.21. The highest BCUT2D eigenvalue weighted by Gasteiger charge is 2.10. The first kappa shape index (κ1) is 16.5. The van der Waals surface area contributed by atoms with Crippen LogP contribution in [-0.4, -0.2) is 11.8 Å². The Balaban J connectivity index is 1.51. The topological polar surface area (TPSA) is 80.6 Å². The van der Waals surface area contributed by atoms with E-state index in [2.05, 4.69) is 10.8 Å². The number of hydrogen-bond acceptors (Lipinski definition) is 4. The number of hydrogen-bond donors (Lipinski definition) is 2. The van der Waals surface area contributed by atoms with Crippen molar-refractivity contribution in [2.45, 2.75) is 6.61 Å². The molecular weight excluding hydrogens is 320 g/mol. The molecule has 0 bridgehead atoms. The lowest BCUT2D eigenvalue weighted by molar-refractivity contribution is 0.0233. The largest absolute Gasteiger partial charge is 0.459 e. The molecular formula is C19H16N2O4. The zero-order valence-corrected chi connectivity index (χ0v) is 13.3. The minimum absolute atomic E-state index is 0.219. The Kier molecular flexibility index (Phi) is 5.23. The van der Waals surface area contributed by atoms with E-state index in [0.29, 0.717) is 11.3 Å². The zero-order chi connectivity index (χ0) is 17.5. The molecule has 0 saturated heterocycles. The molecule has 0 radical (unpaired) electrons. The molecule has 0 spiro atoms. The van der Waals surface area contributed by atoms with Gasteiger partial charge in [-0.15, -0.1) is 0 Å². The Morgan fingerprint density at radius 1 is 0.880 bits per heavy atom. The summed E-state index contributed by atoms with van der Waals surface area (Å²) in [5.41, 5.74) is 4.32. The van der Waals surface area contributed by atoms with Crippen LogP contribution >= 0.6 is 0 Å². The number of anilines is 1. The molecule has 2 aromatic carbocycles. The van der Waals surface area contributed by atoms with E-state index in [1.165, 1.54) is 6.26 Å². The summed E-state index contributed by atoms with van der Waals surface area (Å²) in [6.45, 7) is 0.282. The first-order valence-electron chi connectivity index (χ1n) is 7.63. The molecule has 0 aliphatic heterocycles. The van der Waals surface area contributed by atoms with Crippen molar-refractivity contribution in [2.75, 3.05) is 5.32 Å². The standard InChI is InChI=1S/C19H16N2O4/c22-18(21-25-13-14-5-2-1-3-6-14)15-8-10-16(11-9-15)20-19(23)17-7-4-12-24-17/h1-12H,13H2,(H,20,23)(H,21,22). The number of nitrogens with one attached hydrogen (secondary N) is 2. The maximum absolute atomic E-state index is 12.0. The lowest BCUT2D eigenvalue weighted by Crippen LogP contribution is -2.23. The molecule has 0 aliphatic carbocycles. The minimum Gasteiger partial charge on any atom is -0.459 e. The van der Waals surface area contributed by atoms with Gasteiger partial charge < -0.3 is 9.73 Å². The molecule has 1 aromatic heterocycles. The van der Waals surface area contributed by atoms with Gasteiger partial charge in [0.15, 0.2) is 5.76 Å². The molecule has 6 heteroatoms. The van der Waals surface area contributed by atoms with Crippen molar-refractivity contribution < 1.29 is 18.8 Å². The van der Waals surface area contributed by atoms with Crippen molar-refractivity contribution in [2.24, 2.45) is 0 Å². The van der Waals surface area contributed by atoms with E-state index < -0.39 is 0 Å². The summed E-state index contributed by atoms with van der Waals surface area (Å²) in [5, 5.41) is 2.68. The van der Waals surface area contributed by atoms with E-state index in [1.54, 1.807) is 36.4 Å². The highest BCUT2D eigenvalue weighted by atomic mass is 16.6. The monoisotopic (exact) mass is 336 g/mol. The van der Waals surface area contributed by atoms with Gasteiger partial charge in [0, 0.05) is 11.3 Å². The molecule has 1 heterocycles. The van der Waals surface area contributed by atoms with Crippen LogP contribution < -0.4 is 10.8 Å². The Bertz CT molecular complexity index is 828. The average molecular weight is 336 g/mol. The van der Waals surface area contributed by atoms with Crippen molar-refractivity contribution in [3.8, 4) is 0 Å². The molecule has 25 heavy (non-hydrogen) atoms. The summed E-state index contributed by atoms with van der Waals surface area (Å²) in [5.74, 6) is -0.496. The van der Waals surface area contributed by atoms with Crippen molar-refractivity contribution in [1.82, 2.24) is 5.48 Å². The number of carbonyl (C=O) groups excluding carboxylic acids is 2. The third-order valence-corrected chi connectivity index (χ3v) is 3.40. The summed E-state index contributed by atoms with van der Waals surface area (Å²) in [4.78, 5) is 29.1. The molecule has 6 nitrogen and oxygen atoms in total. The van der Waals surface area contributed by atoms with E-state index in [4.69, 9.17) is 9.25 Å². The third-order valence-electron chi connectivity index (χ3n) is 3.40. The molecule has 0 aliphatic rings. The van der Waals surface area contributed by atoms with E-state index >= 15 is 0 Å². The van der Waals surface area contributed by atoms with Crippen LogP contribution in [0.3, 0.4) is 0 Å². The molecule has 3 rings (SSSR count). The van der Waals surface area contributed by atoms with Gasteiger partial charge in [0.05, 0.1) is 12.9 Å². The molecule has 2 N–H and O–H groups in total. The lowest BCUT2D eigenvalue weighted by atomic mass is 10.2. The van der Waals surface area contributed by atoms with Gasteiger partial charge in [-0.25, -0.2) is 5.48 Å². The molecule has 2 amide bonds. The van der Waals surface area contributed by atoms with Gasteiger partial charge >= 0.3 is 0 Å². The van der Waals surface area contributed by atoms with Crippen molar-refractivity contribution in [3.05, 3.63) is 89.9 Å². The lowest BCUT2D eigenvalue weighted by Gasteiger charge is -2.07. The average Bonchev–Trinajstić information content (AvgIpc) is 3.18. The highest BCUT2D eigenvalue weighted by Crippen LogP contribution is 2.12. The molecule has 0 fully saturated rings. The maximum Gasteiger partial charge on any atom is 0.291 e. The van der Waals surface area contributed by atoms with Crippen LogP contribution in [0.25, 0.3) is 0 Å². The van der Waals surface area contributed by atoms with Crippen molar-refractivity contribution in [1.29, 1.82) is 0 Å².